The monoisotopic (exact) mass is 291 g/mol. The summed E-state index contributed by atoms with van der Waals surface area (Å²) in [5, 5.41) is 11.1. The van der Waals surface area contributed by atoms with Gasteiger partial charge < -0.3 is 15.0 Å². The third-order valence-corrected chi connectivity index (χ3v) is 5.15. The van der Waals surface area contributed by atoms with Crippen LogP contribution in [0.25, 0.3) is 0 Å². The van der Waals surface area contributed by atoms with Crippen LogP contribution < -0.4 is 10.2 Å². The van der Waals surface area contributed by atoms with Gasteiger partial charge in [-0.05, 0) is 38.0 Å². The van der Waals surface area contributed by atoms with E-state index in [1.54, 1.807) is 0 Å². The van der Waals surface area contributed by atoms with Crippen molar-refractivity contribution in [2.75, 3.05) is 31.1 Å². The first-order valence-electron chi connectivity index (χ1n) is 8.40. The topological polar surface area (TPSA) is 66.1 Å². The average Bonchev–Trinajstić information content (AvgIpc) is 3.16. The highest BCUT2D eigenvalue weighted by Crippen LogP contribution is 2.29. The second-order valence-electron chi connectivity index (χ2n) is 6.60. The largest absolute Gasteiger partial charge is 0.378 e. The van der Waals surface area contributed by atoms with Crippen LogP contribution in [0.4, 0.5) is 5.95 Å². The van der Waals surface area contributed by atoms with E-state index < -0.39 is 0 Å². The zero-order chi connectivity index (χ0) is 14.1. The fraction of sp³-hybridized carbons (Fsp3) is 0.867. The van der Waals surface area contributed by atoms with Gasteiger partial charge in [-0.25, -0.2) is 0 Å². The number of fused-ring (bicyclic) bond motifs is 1. The lowest BCUT2D eigenvalue weighted by Gasteiger charge is -2.36. The Morgan fingerprint density at radius 1 is 1.19 bits per heavy atom. The van der Waals surface area contributed by atoms with Gasteiger partial charge >= 0.3 is 0 Å². The second-order valence-corrected chi connectivity index (χ2v) is 6.60. The summed E-state index contributed by atoms with van der Waals surface area (Å²) in [6, 6.07) is 0.577. The van der Waals surface area contributed by atoms with Gasteiger partial charge in [0.05, 0.1) is 6.10 Å². The molecule has 0 saturated carbocycles. The number of aromatic nitrogens is 3. The van der Waals surface area contributed by atoms with Crippen LogP contribution in [-0.2, 0) is 11.2 Å². The van der Waals surface area contributed by atoms with Gasteiger partial charge in [-0.2, -0.15) is 4.98 Å². The van der Waals surface area contributed by atoms with Crippen molar-refractivity contribution in [3.8, 4) is 0 Å². The Labute approximate surface area is 125 Å². The predicted molar refractivity (Wildman–Crippen MR) is 80.4 cm³/mol. The molecule has 0 aliphatic carbocycles. The molecular weight excluding hydrogens is 266 g/mol. The van der Waals surface area contributed by atoms with E-state index in [0.717, 1.165) is 56.8 Å². The highest BCUT2D eigenvalue weighted by Gasteiger charge is 2.36. The molecule has 1 aromatic rings. The Kier molecular flexibility index (Phi) is 3.82. The molecule has 0 amide bonds. The number of hydrogen-bond acceptors (Lipinski definition) is 5. The van der Waals surface area contributed by atoms with E-state index in [0.29, 0.717) is 12.1 Å². The van der Waals surface area contributed by atoms with Gasteiger partial charge in [0.1, 0.15) is 5.82 Å². The number of H-pyrrole nitrogens is 1. The first-order valence-corrected chi connectivity index (χ1v) is 8.40. The number of rotatable bonds is 3. The van der Waals surface area contributed by atoms with E-state index in [1.165, 1.54) is 25.7 Å². The molecule has 4 heterocycles. The molecule has 4 rings (SSSR count). The molecule has 3 saturated heterocycles. The van der Waals surface area contributed by atoms with Crippen molar-refractivity contribution in [1.29, 1.82) is 0 Å². The van der Waals surface area contributed by atoms with Crippen molar-refractivity contribution < 1.29 is 4.74 Å². The summed E-state index contributed by atoms with van der Waals surface area (Å²) in [5.41, 5.74) is 0. The van der Waals surface area contributed by atoms with Crippen LogP contribution in [0.3, 0.4) is 0 Å². The molecule has 3 aliphatic heterocycles. The number of nitrogens with one attached hydrogen (secondary N) is 2. The van der Waals surface area contributed by atoms with E-state index in [4.69, 9.17) is 9.72 Å². The molecule has 1 aromatic heterocycles. The van der Waals surface area contributed by atoms with Crippen LogP contribution in [0.1, 0.15) is 37.9 Å². The van der Waals surface area contributed by atoms with Crippen molar-refractivity contribution in [3.63, 3.8) is 0 Å². The molecule has 6 nitrogen and oxygen atoms in total. The van der Waals surface area contributed by atoms with Crippen molar-refractivity contribution in [3.05, 3.63) is 5.82 Å². The standard InChI is InChI=1S/C15H25N5O/c1-2-7-21-12(5-1)8-14-17-15(19-18-14)20-6-3-4-11-9-16-10-13(11)20/h11-13,16H,1-10H2,(H,17,18,19). The summed E-state index contributed by atoms with van der Waals surface area (Å²) in [6.07, 6.45) is 7.39. The van der Waals surface area contributed by atoms with Crippen molar-refractivity contribution >= 4 is 5.95 Å². The lowest BCUT2D eigenvalue weighted by atomic mass is 9.92. The third-order valence-electron chi connectivity index (χ3n) is 5.15. The van der Waals surface area contributed by atoms with Gasteiger partial charge in [0.15, 0.2) is 0 Å². The Bertz CT molecular complexity index is 470. The number of anilines is 1. The molecule has 2 N–H and O–H groups in total. The fourth-order valence-electron chi connectivity index (χ4n) is 4.01. The molecule has 0 spiro atoms. The maximum absolute atomic E-state index is 5.79. The van der Waals surface area contributed by atoms with Gasteiger partial charge in [-0.15, -0.1) is 5.10 Å². The summed E-state index contributed by atoms with van der Waals surface area (Å²) in [7, 11) is 0. The molecule has 3 atom stereocenters. The molecule has 0 bridgehead atoms. The Morgan fingerprint density at radius 3 is 3.10 bits per heavy atom. The number of piperidine rings is 1. The van der Waals surface area contributed by atoms with E-state index in [1.807, 2.05) is 0 Å². The van der Waals surface area contributed by atoms with Gasteiger partial charge in [-0.1, -0.05) is 0 Å². The number of aromatic amines is 1. The minimum Gasteiger partial charge on any atom is -0.378 e. The molecule has 21 heavy (non-hydrogen) atoms. The number of hydrogen-bond donors (Lipinski definition) is 2. The Morgan fingerprint density at radius 2 is 2.19 bits per heavy atom. The molecule has 3 unspecified atom stereocenters. The SMILES string of the molecule is C1CCC(Cc2nc(N3CCCC4CNCC43)n[nH]2)OC1. The molecule has 3 aliphatic rings. The minimum atomic E-state index is 0.321. The van der Waals surface area contributed by atoms with Crippen LogP contribution >= 0.6 is 0 Å². The first-order chi connectivity index (χ1) is 10.4. The third kappa shape index (κ3) is 2.79. The molecule has 116 valence electrons. The lowest BCUT2D eigenvalue weighted by molar-refractivity contribution is 0.0157. The maximum atomic E-state index is 5.79. The molecule has 0 aromatic carbocycles. The number of nitrogens with zero attached hydrogens (tertiary/aromatic N) is 3. The smallest absolute Gasteiger partial charge is 0.245 e. The summed E-state index contributed by atoms with van der Waals surface area (Å²) in [4.78, 5) is 7.14. The van der Waals surface area contributed by atoms with Crippen LogP contribution in [0.5, 0.6) is 0 Å². The van der Waals surface area contributed by atoms with E-state index >= 15 is 0 Å². The Hall–Kier alpha value is -1.14. The van der Waals surface area contributed by atoms with Crippen molar-refractivity contribution in [2.24, 2.45) is 5.92 Å². The van der Waals surface area contributed by atoms with Crippen LogP contribution in [-0.4, -0.2) is 53.6 Å². The van der Waals surface area contributed by atoms with Gasteiger partial charge in [-0.3, -0.25) is 5.10 Å². The summed E-state index contributed by atoms with van der Waals surface area (Å²) >= 11 is 0. The average molecular weight is 291 g/mol. The molecule has 6 heteroatoms. The maximum Gasteiger partial charge on any atom is 0.245 e. The van der Waals surface area contributed by atoms with Gasteiger partial charge in [0.25, 0.3) is 0 Å². The number of ether oxygens (including phenoxy) is 1. The summed E-state index contributed by atoms with van der Waals surface area (Å²) in [6.45, 7) is 4.20. The Balaban J connectivity index is 1.43. The zero-order valence-electron chi connectivity index (χ0n) is 12.6. The zero-order valence-corrected chi connectivity index (χ0v) is 12.6. The van der Waals surface area contributed by atoms with Crippen molar-refractivity contribution in [2.45, 2.75) is 50.7 Å². The lowest BCUT2D eigenvalue weighted by Crippen LogP contribution is -2.45. The van der Waals surface area contributed by atoms with Crippen LogP contribution in [0, 0.1) is 5.92 Å². The second kappa shape index (κ2) is 5.93. The summed E-state index contributed by atoms with van der Waals surface area (Å²) in [5.74, 6) is 2.63. The highest BCUT2D eigenvalue weighted by molar-refractivity contribution is 5.33. The van der Waals surface area contributed by atoms with Crippen molar-refractivity contribution in [1.82, 2.24) is 20.5 Å². The van der Waals surface area contributed by atoms with E-state index in [-0.39, 0.29) is 0 Å². The summed E-state index contributed by atoms with van der Waals surface area (Å²) < 4.78 is 5.79. The van der Waals surface area contributed by atoms with Gasteiger partial charge in [0, 0.05) is 38.7 Å². The molecular formula is C15H25N5O. The quantitative estimate of drug-likeness (QED) is 0.873. The first kappa shape index (κ1) is 13.5. The highest BCUT2D eigenvalue weighted by atomic mass is 16.5. The normalized spacial score (nSPS) is 33.1. The molecule has 3 fully saturated rings. The van der Waals surface area contributed by atoms with Crippen LogP contribution in [0.15, 0.2) is 0 Å². The predicted octanol–water partition coefficient (Wildman–Crippen LogP) is 1.10. The minimum absolute atomic E-state index is 0.321. The van der Waals surface area contributed by atoms with E-state index in [9.17, 15) is 0 Å². The fourth-order valence-corrected chi connectivity index (χ4v) is 4.01. The van der Waals surface area contributed by atoms with Gasteiger partial charge in [0.2, 0.25) is 5.95 Å². The van der Waals surface area contributed by atoms with E-state index in [2.05, 4.69) is 20.4 Å². The molecule has 0 radical (unpaired) electrons. The van der Waals surface area contributed by atoms with Crippen LogP contribution in [0.2, 0.25) is 0 Å².